The van der Waals surface area contributed by atoms with Gasteiger partial charge in [-0.15, -0.1) is 0 Å². The Hall–Kier alpha value is -1.23. The number of ether oxygens (including phenoxy) is 1. The third kappa shape index (κ3) is 2.86. The first-order chi connectivity index (χ1) is 7.06. The van der Waals surface area contributed by atoms with Crippen molar-refractivity contribution in [3.63, 3.8) is 0 Å². The van der Waals surface area contributed by atoms with Gasteiger partial charge in [0.25, 0.3) is 0 Å². The van der Waals surface area contributed by atoms with Crippen molar-refractivity contribution in [1.29, 1.82) is 0 Å². The first-order valence-corrected chi connectivity index (χ1v) is 5.11. The van der Waals surface area contributed by atoms with E-state index in [4.69, 9.17) is 9.84 Å². The number of carboxylic acid groups (broad SMARTS) is 1. The van der Waals surface area contributed by atoms with Gasteiger partial charge in [-0.05, 0) is 34.0 Å². The lowest BCUT2D eigenvalue weighted by Crippen LogP contribution is -1.98. The highest BCUT2D eigenvalue weighted by molar-refractivity contribution is 9.10. The number of aliphatic carboxylic acids is 1. The Morgan fingerprint density at radius 3 is 2.73 bits per heavy atom. The number of halogens is 1. The second kappa shape index (κ2) is 5.02. The number of methoxy groups -OCH3 is 1. The normalized spacial score (nSPS) is 10.0. The summed E-state index contributed by atoms with van der Waals surface area (Å²) in [5.41, 5.74) is 0.588. The van der Waals surface area contributed by atoms with Crippen LogP contribution in [0.25, 0.3) is 0 Å². The Bertz CT molecular complexity index is 376. The molecule has 0 aliphatic heterocycles. The highest BCUT2D eigenvalue weighted by Gasteiger charge is 2.11. The average Bonchev–Trinajstić information content (AvgIpc) is 2.20. The van der Waals surface area contributed by atoms with E-state index in [9.17, 15) is 9.90 Å². The number of benzene rings is 1. The van der Waals surface area contributed by atoms with Gasteiger partial charge in [-0.3, -0.25) is 4.79 Å². The number of hydrogen-bond donors (Lipinski definition) is 2. The molecule has 0 spiro atoms. The fourth-order valence-corrected chi connectivity index (χ4v) is 1.74. The van der Waals surface area contributed by atoms with E-state index in [1.54, 1.807) is 12.1 Å². The van der Waals surface area contributed by atoms with E-state index in [0.717, 1.165) is 0 Å². The lowest BCUT2D eigenvalue weighted by atomic mass is 10.1. The van der Waals surface area contributed by atoms with Crippen molar-refractivity contribution in [1.82, 2.24) is 0 Å². The smallest absolute Gasteiger partial charge is 0.303 e. The molecule has 0 bridgehead atoms. The fraction of sp³-hybridized carbons (Fsp3) is 0.300. The lowest BCUT2D eigenvalue weighted by Gasteiger charge is -2.08. The second-order valence-corrected chi connectivity index (χ2v) is 3.78. The molecule has 1 aromatic carbocycles. The van der Waals surface area contributed by atoms with E-state index in [-0.39, 0.29) is 12.2 Å². The molecule has 0 atom stereocenters. The number of phenols is 1. The van der Waals surface area contributed by atoms with Crippen LogP contribution in [0, 0.1) is 0 Å². The van der Waals surface area contributed by atoms with Gasteiger partial charge in [0, 0.05) is 6.42 Å². The Labute approximate surface area is 95.6 Å². The quantitative estimate of drug-likeness (QED) is 0.883. The summed E-state index contributed by atoms with van der Waals surface area (Å²) in [6.07, 6.45) is 0.288. The Balaban J connectivity index is 2.91. The van der Waals surface area contributed by atoms with E-state index in [2.05, 4.69) is 15.9 Å². The summed E-state index contributed by atoms with van der Waals surface area (Å²) in [5.74, 6) is -0.330. The molecule has 1 rings (SSSR count). The van der Waals surface area contributed by atoms with Crippen LogP contribution >= 0.6 is 15.9 Å². The molecular formula is C10H11BrO4. The van der Waals surface area contributed by atoms with Gasteiger partial charge in [0.05, 0.1) is 7.11 Å². The number of hydrogen-bond acceptors (Lipinski definition) is 3. The van der Waals surface area contributed by atoms with Crippen LogP contribution < -0.4 is 4.74 Å². The van der Waals surface area contributed by atoms with Gasteiger partial charge in [0.2, 0.25) is 0 Å². The standard InChI is InChI=1S/C10H11BrO4/c1-15-7-4-2-6(3-5-8(12)13)10(14)9(7)11/h2,4,14H,3,5H2,1H3,(H,12,13). The molecule has 0 saturated heterocycles. The topological polar surface area (TPSA) is 66.8 Å². The van der Waals surface area contributed by atoms with Crippen LogP contribution in [0.3, 0.4) is 0 Å². The third-order valence-electron chi connectivity index (χ3n) is 1.99. The maximum Gasteiger partial charge on any atom is 0.303 e. The summed E-state index contributed by atoms with van der Waals surface area (Å²) >= 11 is 3.18. The van der Waals surface area contributed by atoms with E-state index in [1.807, 2.05) is 0 Å². The molecule has 5 heteroatoms. The molecule has 82 valence electrons. The highest BCUT2D eigenvalue weighted by atomic mass is 79.9. The molecule has 0 aliphatic carbocycles. The summed E-state index contributed by atoms with van der Waals surface area (Å²) in [7, 11) is 1.50. The van der Waals surface area contributed by atoms with Crippen LogP contribution in [0.4, 0.5) is 0 Å². The Morgan fingerprint density at radius 2 is 2.20 bits per heavy atom. The molecule has 1 aromatic rings. The van der Waals surface area contributed by atoms with Crippen molar-refractivity contribution in [2.45, 2.75) is 12.8 Å². The van der Waals surface area contributed by atoms with Crippen molar-refractivity contribution in [2.24, 2.45) is 0 Å². The second-order valence-electron chi connectivity index (χ2n) is 2.98. The minimum absolute atomic E-state index is 0.00761. The fourth-order valence-electron chi connectivity index (χ4n) is 1.19. The van der Waals surface area contributed by atoms with Gasteiger partial charge in [-0.25, -0.2) is 0 Å². The van der Waals surface area contributed by atoms with Crippen LogP contribution in [-0.4, -0.2) is 23.3 Å². The van der Waals surface area contributed by atoms with Crippen molar-refractivity contribution < 1.29 is 19.7 Å². The zero-order valence-corrected chi connectivity index (χ0v) is 9.74. The van der Waals surface area contributed by atoms with Crippen molar-refractivity contribution in [3.8, 4) is 11.5 Å². The SMILES string of the molecule is COc1ccc(CCC(=O)O)c(O)c1Br. The molecule has 0 fully saturated rings. The highest BCUT2D eigenvalue weighted by Crippen LogP contribution is 2.36. The summed E-state index contributed by atoms with van der Waals surface area (Å²) in [5, 5.41) is 18.2. The van der Waals surface area contributed by atoms with E-state index >= 15 is 0 Å². The first kappa shape index (κ1) is 11.8. The molecule has 0 unspecified atom stereocenters. The van der Waals surface area contributed by atoms with E-state index in [0.29, 0.717) is 22.2 Å². The maximum absolute atomic E-state index is 10.4. The number of aromatic hydroxyl groups is 1. The van der Waals surface area contributed by atoms with Crippen molar-refractivity contribution in [2.75, 3.05) is 7.11 Å². The minimum atomic E-state index is -0.888. The van der Waals surface area contributed by atoms with Crippen LogP contribution in [0.5, 0.6) is 11.5 Å². The molecule has 4 nitrogen and oxygen atoms in total. The average molecular weight is 275 g/mol. The minimum Gasteiger partial charge on any atom is -0.506 e. The monoisotopic (exact) mass is 274 g/mol. The third-order valence-corrected chi connectivity index (χ3v) is 2.76. The molecule has 0 radical (unpaired) electrons. The van der Waals surface area contributed by atoms with Gasteiger partial charge in [-0.1, -0.05) is 6.07 Å². The van der Waals surface area contributed by atoms with E-state index in [1.165, 1.54) is 7.11 Å². The van der Waals surface area contributed by atoms with E-state index < -0.39 is 5.97 Å². The first-order valence-electron chi connectivity index (χ1n) is 4.32. The molecule has 0 heterocycles. The number of aryl methyl sites for hydroxylation is 1. The predicted octanol–water partition coefficient (Wildman–Crippen LogP) is 2.18. The largest absolute Gasteiger partial charge is 0.506 e. The predicted molar refractivity (Wildman–Crippen MR) is 58.3 cm³/mol. The summed E-state index contributed by atoms with van der Waals surface area (Å²) in [6.45, 7) is 0. The van der Waals surface area contributed by atoms with Gasteiger partial charge in [-0.2, -0.15) is 0 Å². The van der Waals surface area contributed by atoms with Gasteiger partial charge >= 0.3 is 5.97 Å². The summed E-state index contributed by atoms with van der Waals surface area (Å²) < 4.78 is 5.43. The molecule has 0 amide bonds. The Morgan fingerprint density at radius 1 is 1.53 bits per heavy atom. The summed E-state index contributed by atoms with van der Waals surface area (Å²) in [4.78, 5) is 10.4. The van der Waals surface area contributed by atoms with Gasteiger partial charge in [0.1, 0.15) is 16.0 Å². The number of phenolic OH excluding ortho intramolecular Hbond substituents is 1. The molecule has 0 aliphatic rings. The zero-order chi connectivity index (χ0) is 11.4. The zero-order valence-electron chi connectivity index (χ0n) is 8.16. The number of carbonyl (C=O) groups is 1. The van der Waals surface area contributed by atoms with Crippen molar-refractivity contribution >= 4 is 21.9 Å². The van der Waals surface area contributed by atoms with Gasteiger partial charge < -0.3 is 14.9 Å². The van der Waals surface area contributed by atoms with Crippen LogP contribution in [0.2, 0.25) is 0 Å². The van der Waals surface area contributed by atoms with Crippen LogP contribution in [-0.2, 0) is 11.2 Å². The Kier molecular flexibility index (Phi) is 3.96. The van der Waals surface area contributed by atoms with Gasteiger partial charge in [0.15, 0.2) is 0 Å². The lowest BCUT2D eigenvalue weighted by molar-refractivity contribution is -0.136. The summed E-state index contributed by atoms with van der Waals surface area (Å²) in [6, 6.07) is 3.34. The number of rotatable bonds is 4. The molecule has 2 N–H and O–H groups in total. The van der Waals surface area contributed by atoms with Crippen molar-refractivity contribution in [3.05, 3.63) is 22.2 Å². The molecule has 15 heavy (non-hydrogen) atoms. The van der Waals surface area contributed by atoms with Crippen LogP contribution in [0.1, 0.15) is 12.0 Å². The number of carboxylic acids is 1. The molecule has 0 saturated carbocycles. The van der Waals surface area contributed by atoms with Crippen LogP contribution in [0.15, 0.2) is 16.6 Å². The maximum atomic E-state index is 10.4. The molecular weight excluding hydrogens is 264 g/mol. The molecule has 0 aromatic heterocycles.